The van der Waals surface area contributed by atoms with E-state index in [4.69, 9.17) is 0 Å². The molecule has 0 atom stereocenters. The van der Waals surface area contributed by atoms with Crippen molar-refractivity contribution in [1.29, 1.82) is 0 Å². The van der Waals surface area contributed by atoms with Crippen LogP contribution in [0.15, 0.2) is 65.1 Å². The lowest BCUT2D eigenvalue weighted by Crippen LogP contribution is -2.37. The summed E-state index contributed by atoms with van der Waals surface area (Å²) in [5.74, 6) is -1.44. The van der Waals surface area contributed by atoms with Crippen LogP contribution in [0, 0.1) is 5.82 Å². The number of ether oxygens (including phenoxy) is 1. The van der Waals surface area contributed by atoms with Gasteiger partial charge < -0.3 is 10.1 Å². The van der Waals surface area contributed by atoms with E-state index in [1.807, 2.05) is 0 Å². The predicted octanol–water partition coefficient (Wildman–Crippen LogP) is 4.07. The van der Waals surface area contributed by atoms with Gasteiger partial charge in [0.25, 0.3) is 0 Å². The number of anilines is 1. The Morgan fingerprint density at radius 3 is 2.32 bits per heavy atom. The zero-order valence-corrected chi connectivity index (χ0v) is 16.8. The quantitative estimate of drug-likeness (QED) is 0.541. The first-order chi connectivity index (χ1) is 14.5. The van der Waals surface area contributed by atoms with Crippen LogP contribution in [0.25, 0.3) is 0 Å². The van der Waals surface area contributed by atoms with Crippen molar-refractivity contribution < 1.29 is 35.5 Å². The third-order valence-electron chi connectivity index (χ3n) is 4.43. The lowest BCUT2D eigenvalue weighted by molar-refractivity contribution is -0.274. The van der Waals surface area contributed by atoms with Crippen molar-refractivity contribution in [1.82, 2.24) is 4.31 Å². The van der Waals surface area contributed by atoms with Crippen molar-refractivity contribution >= 4 is 21.6 Å². The summed E-state index contributed by atoms with van der Waals surface area (Å²) in [5, 5.41) is 2.57. The van der Waals surface area contributed by atoms with Crippen LogP contribution in [0.3, 0.4) is 0 Å². The van der Waals surface area contributed by atoms with Crippen LogP contribution in [0.4, 0.5) is 23.2 Å². The molecule has 1 aliphatic rings. The lowest BCUT2D eigenvalue weighted by atomic mass is 10.1. The first kappa shape index (κ1) is 22.8. The van der Waals surface area contributed by atoms with Gasteiger partial charge in [-0.1, -0.05) is 0 Å². The average Bonchev–Trinajstić information content (AvgIpc) is 2.69. The summed E-state index contributed by atoms with van der Waals surface area (Å²) in [4.78, 5) is 12.0. The molecule has 1 saturated heterocycles. The molecule has 1 N–H and O–H groups in total. The molecule has 0 spiro atoms. The zero-order chi connectivity index (χ0) is 22.6. The van der Waals surface area contributed by atoms with Gasteiger partial charge in [-0.25, -0.2) is 12.8 Å². The van der Waals surface area contributed by atoms with E-state index in [9.17, 15) is 30.8 Å². The molecule has 31 heavy (non-hydrogen) atoms. The third kappa shape index (κ3) is 6.28. The van der Waals surface area contributed by atoms with Gasteiger partial charge in [0.05, 0.1) is 4.90 Å². The summed E-state index contributed by atoms with van der Waals surface area (Å²) in [6.45, 7) is 0.181. The standard InChI is InChI=1S/C20H18F4N2O4S/c21-15-3-5-16(6-4-15)25-19(27)12-14-2-1-11-26(13-14)31(28,29)18-9-7-17(8-10-18)30-20(22,23)24/h3-10,12H,1-2,11,13H2,(H,25,27). The van der Waals surface area contributed by atoms with E-state index in [0.29, 0.717) is 24.1 Å². The normalized spacial score (nSPS) is 16.8. The number of amides is 1. The van der Waals surface area contributed by atoms with E-state index in [2.05, 4.69) is 10.1 Å². The van der Waals surface area contributed by atoms with Crippen LogP contribution in [0.2, 0.25) is 0 Å². The number of hydrogen-bond acceptors (Lipinski definition) is 4. The number of carbonyl (C=O) groups excluding carboxylic acids is 1. The van der Waals surface area contributed by atoms with E-state index in [0.717, 1.165) is 28.6 Å². The van der Waals surface area contributed by atoms with Gasteiger partial charge in [0, 0.05) is 24.9 Å². The molecule has 1 amide bonds. The highest BCUT2D eigenvalue weighted by Crippen LogP contribution is 2.27. The second kappa shape index (κ2) is 9.06. The molecule has 0 saturated carbocycles. The fourth-order valence-electron chi connectivity index (χ4n) is 3.05. The van der Waals surface area contributed by atoms with Crippen molar-refractivity contribution in [3.63, 3.8) is 0 Å². The second-order valence-corrected chi connectivity index (χ2v) is 8.70. The predicted molar refractivity (Wildman–Crippen MR) is 104 cm³/mol. The smallest absolute Gasteiger partial charge is 0.406 e. The molecule has 11 heteroatoms. The lowest BCUT2D eigenvalue weighted by Gasteiger charge is -2.28. The fourth-order valence-corrected chi connectivity index (χ4v) is 4.53. The van der Waals surface area contributed by atoms with Gasteiger partial charge in [-0.2, -0.15) is 4.31 Å². The highest BCUT2D eigenvalue weighted by molar-refractivity contribution is 7.89. The molecule has 1 fully saturated rings. The minimum atomic E-state index is -4.87. The molecule has 6 nitrogen and oxygen atoms in total. The van der Waals surface area contributed by atoms with Crippen LogP contribution in [0.5, 0.6) is 5.75 Å². The Bertz CT molecular complexity index is 1070. The molecule has 0 aliphatic carbocycles. The Hall–Kier alpha value is -2.92. The Morgan fingerprint density at radius 1 is 1.06 bits per heavy atom. The summed E-state index contributed by atoms with van der Waals surface area (Å²) in [6.07, 6.45) is -2.59. The van der Waals surface area contributed by atoms with Crippen LogP contribution in [-0.4, -0.2) is 38.1 Å². The molecule has 0 radical (unpaired) electrons. The fraction of sp³-hybridized carbons (Fsp3) is 0.250. The number of benzene rings is 2. The summed E-state index contributed by atoms with van der Waals surface area (Å²) in [5.41, 5.74) is 0.969. The summed E-state index contributed by atoms with van der Waals surface area (Å²) < 4.78 is 80.3. The van der Waals surface area contributed by atoms with Gasteiger partial charge in [-0.05, 0) is 66.9 Å². The number of rotatable bonds is 5. The first-order valence-electron chi connectivity index (χ1n) is 9.15. The van der Waals surface area contributed by atoms with Crippen LogP contribution in [0.1, 0.15) is 12.8 Å². The number of carbonyl (C=O) groups is 1. The van der Waals surface area contributed by atoms with Gasteiger partial charge >= 0.3 is 6.36 Å². The average molecular weight is 458 g/mol. The molecular formula is C20H18F4N2O4S. The highest BCUT2D eigenvalue weighted by atomic mass is 32.2. The Balaban J connectivity index is 1.69. The minimum Gasteiger partial charge on any atom is -0.406 e. The number of piperidine rings is 1. The molecule has 2 aromatic rings. The Labute approximate surface area is 176 Å². The zero-order valence-electron chi connectivity index (χ0n) is 16.0. The van der Waals surface area contributed by atoms with E-state index in [1.165, 1.54) is 30.3 Å². The van der Waals surface area contributed by atoms with Crippen molar-refractivity contribution in [2.45, 2.75) is 24.1 Å². The van der Waals surface area contributed by atoms with Gasteiger partial charge in [0.15, 0.2) is 0 Å². The van der Waals surface area contributed by atoms with Crippen molar-refractivity contribution in [2.24, 2.45) is 0 Å². The molecule has 166 valence electrons. The SMILES string of the molecule is O=C(C=C1CCCN(S(=O)(=O)c2ccc(OC(F)(F)F)cc2)C1)Nc1ccc(F)cc1. The molecule has 1 aliphatic heterocycles. The Kier molecular flexibility index (Phi) is 6.65. The van der Waals surface area contributed by atoms with Gasteiger partial charge in [-0.3, -0.25) is 4.79 Å². The van der Waals surface area contributed by atoms with Crippen LogP contribution in [-0.2, 0) is 14.8 Å². The van der Waals surface area contributed by atoms with Gasteiger partial charge in [-0.15, -0.1) is 13.2 Å². The van der Waals surface area contributed by atoms with Crippen molar-refractivity contribution in [2.75, 3.05) is 18.4 Å². The van der Waals surface area contributed by atoms with E-state index in [-0.39, 0.29) is 18.0 Å². The largest absolute Gasteiger partial charge is 0.573 e. The third-order valence-corrected chi connectivity index (χ3v) is 6.29. The maximum atomic E-state index is 12.9. The number of alkyl halides is 3. The van der Waals surface area contributed by atoms with E-state index < -0.39 is 33.9 Å². The number of nitrogens with one attached hydrogen (secondary N) is 1. The maximum absolute atomic E-state index is 12.9. The van der Waals surface area contributed by atoms with Gasteiger partial charge in [0.2, 0.25) is 15.9 Å². The number of nitrogens with zero attached hydrogens (tertiary/aromatic N) is 1. The minimum absolute atomic E-state index is 0.0278. The molecular weight excluding hydrogens is 440 g/mol. The molecule has 2 aromatic carbocycles. The summed E-state index contributed by atoms with van der Waals surface area (Å²) >= 11 is 0. The van der Waals surface area contributed by atoms with Gasteiger partial charge in [0.1, 0.15) is 11.6 Å². The van der Waals surface area contributed by atoms with E-state index in [1.54, 1.807) is 0 Å². The second-order valence-electron chi connectivity index (χ2n) is 6.76. The number of hydrogen-bond donors (Lipinski definition) is 1. The molecule has 1 heterocycles. The maximum Gasteiger partial charge on any atom is 0.573 e. The van der Waals surface area contributed by atoms with E-state index >= 15 is 0 Å². The van der Waals surface area contributed by atoms with Crippen molar-refractivity contribution in [3.05, 3.63) is 66.0 Å². The molecule has 0 aromatic heterocycles. The molecule has 0 unspecified atom stereocenters. The van der Waals surface area contributed by atoms with Crippen molar-refractivity contribution in [3.8, 4) is 5.75 Å². The highest BCUT2D eigenvalue weighted by Gasteiger charge is 2.32. The molecule has 0 bridgehead atoms. The first-order valence-corrected chi connectivity index (χ1v) is 10.6. The number of halogens is 4. The molecule has 3 rings (SSSR count). The topological polar surface area (TPSA) is 75.7 Å². The monoisotopic (exact) mass is 458 g/mol. The van der Waals surface area contributed by atoms with Crippen LogP contribution >= 0.6 is 0 Å². The van der Waals surface area contributed by atoms with Crippen LogP contribution < -0.4 is 10.1 Å². The summed E-state index contributed by atoms with van der Waals surface area (Å²) in [7, 11) is -3.97. The Morgan fingerprint density at radius 2 is 1.71 bits per heavy atom. The summed E-state index contributed by atoms with van der Waals surface area (Å²) in [6, 6.07) is 9.12. The number of sulfonamides is 1.